The Morgan fingerprint density at radius 2 is 1.87 bits per heavy atom. The highest BCUT2D eigenvalue weighted by molar-refractivity contribution is 7.87. The van der Waals surface area contributed by atoms with Crippen LogP contribution in [-0.4, -0.2) is 38.9 Å². The molecule has 0 aromatic carbocycles. The third kappa shape index (κ3) is 5.10. The van der Waals surface area contributed by atoms with Crippen molar-refractivity contribution in [2.45, 2.75) is 25.7 Å². The predicted octanol–water partition coefficient (Wildman–Crippen LogP) is -0.818. The van der Waals surface area contributed by atoms with Crippen LogP contribution in [0.4, 0.5) is 0 Å². The van der Waals surface area contributed by atoms with Crippen molar-refractivity contribution < 1.29 is 13.2 Å². The quantitative estimate of drug-likeness (QED) is 0.667. The van der Waals surface area contributed by atoms with E-state index in [4.69, 9.17) is 5.14 Å². The van der Waals surface area contributed by atoms with Gasteiger partial charge in [-0.1, -0.05) is 0 Å². The number of carbonyl (C=O) groups excluding carboxylic acids is 1. The normalized spacial score (nSPS) is 17.8. The van der Waals surface area contributed by atoms with E-state index < -0.39 is 10.2 Å². The van der Waals surface area contributed by atoms with Crippen molar-refractivity contribution in [2.24, 2.45) is 5.14 Å². The first kappa shape index (κ1) is 12.4. The standard InChI is InChI=1S/C8H17N3O3S/c9-15(13,14)10-5-4-8(12)11-6-2-1-3-7-11/h10H,1-7H2,(H2,9,13,14). The topological polar surface area (TPSA) is 92.5 Å². The number of nitrogens with two attached hydrogens (primary N) is 1. The molecule has 88 valence electrons. The van der Waals surface area contributed by atoms with Crippen LogP contribution in [0, 0.1) is 0 Å². The van der Waals surface area contributed by atoms with E-state index in [0.29, 0.717) is 0 Å². The second kappa shape index (κ2) is 5.43. The molecule has 15 heavy (non-hydrogen) atoms. The van der Waals surface area contributed by atoms with Gasteiger partial charge in [0, 0.05) is 26.1 Å². The molecule has 0 atom stereocenters. The smallest absolute Gasteiger partial charge is 0.274 e. The van der Waals surface area contributed by atoms with Gasteiger partial charge in [-0.3, -0.25) is 4.79 Å². The van der Waals surface area contributed by atoms with E-state index in [9.17, 15) is 13.2 Å². The van der Waals surface area contributed by atoms with Gasteiger partial charge in [0.05, 0.1) is 0 Å². The van der Waals surface area contributed by atoms with E-state index in [2.05, 4.69) is 4.72 Å². The highest BCUT2D eigenvalue weighted by atomic mass is 32.2. The SMILES string of the molecule is NS(=O)(=O)NCCC(=O)N1CCCCC1. The molecular weight excluding hydrogens is 218 g/mol. The van der Waals surface area contributed by atoms with Gasteiger partial charge in [0.2, 0.25) is 5.91 Å². The largest absolute Gasteiger partial charge is 0.343 e. The Hall–Kier alpha value is -0.660. The summed E-state index contributed by atoms with van der Waals surface area (Å²) in [4.78, 5) is 13.3. The summed E-state index contributed by atoms with van der Waals surface area (Å²) in [6.07, 6.45) is 3.42. The van der Waals surface area contributed by atoms with Crippen LogP contribution in [0.3, 0.4) is 0 Å². The molecule has 1 heterocycles. The van der Waals surface area contributed by atoms with E-state index in [-0.39, 0.29) is 18.9 Å². The average Bonchev–Trinajstić information content (AvgIpc) is 2.17. The van der Waals surface area contributed by atoms with E-state index in [1.54, 1.807) is 4.90 Å². The van der Waals surface area contributed by atoms with E-state index >= 15 is 0 Å². The van der Waals surface area contributed by atoms with Crippen molar-refractivity contribution in [1.82, 2.24) is 9.62 Å². The Balaban J connectivity index is 2.23. The maximum atomic E-state index is 11.5. The summed E-state index contributed by atoms with van der Waals surface area (Å²) >= 11 is 0. The molecule has 0 aromatic heterocycles. The molecule has 0 unspecified atom stereocenters. The van der Waals surface area contributed by atoms with Gasteiger partial charge in [-0.2, -0.15) is 8.42 Å². The lowest BCUT2D eigenvalue weighted by Crippen LogP contribution is -2.39. The van der Waals surface area contributed by atoms with Gasteiger partial charge in [0.15, 0.2) is 0 Å². The van der Waals surface area contributed by atoms with Crippen LogP contribution in [0.2, 0.25) is 0 Å². The number of hydrogen-bond donors (Lipinski definition) is 2. The fraction of sp³-hybridized carbons (Fsp3) is 0.875. The van der Waals surface area contributed by atoms with Crippen molar-refractivity contribution in [3.05, 3.63) is 0 Å². The second-order valence-electron chi connectivity index (χ2n) is 3.63. The number of nitrogens with zero attached hydrogens (tertiary/aromatic N) is 1. The van der Waals surface area contributed by atoms with Crippen molar-refractivity contribution in [1.29, 1.82) is 0 Å². The molecule has 1 aliphatic rings. The van der Waals surface area contributed by atoms with Crippen LogP contribution in [0.15, 0.2) is 0 Å². The van der Waals surface area contributed by atoms with Gasteiger partial charge in [-0.05, 0) is 19.3 Å². The monoisotopic (exact) mass is 235 g/mol. The molecule has 6 nitrogen and oxygen atoms in total. The maximum Gasteiger partial charge on any atom is 0.274 e. The zero-order valence-electron chi connectivity index (χ0n) is 8.61. The zero-order valence-corrected chi connectivity index (χ0v) is 9.42. The molecule has 1 rings (SSSR count). The first-order valence-corrected chi connectivity index (χ1v) is 6.59. The molecule has 1 amide bonds. The van der Waals surface area contributed by atoms with Gasteiger partial charge in [0.1, 0.15) is 0 Å². The molecular formula is C8H17N3O3S. The van der Waals surface area contributed by atoms with Crippen molar-refractivity contribution in [3.63, 3.8) is 0 Å². The molecule has 7 heteroatoms. The number of nitrogens with one attached hydrogen (secondary N) is 1. The average molecular weight is 235 g/mol. The third-order valence-corrected chi connectivity index (χ3v) is 2.96. The Morgan fingerprint density at radius 1 is 1.27 bits per heavy atom. The molecule has 0 aliphatic carbocycles. The Bertz CT molecular complexity index is 309. The van der Waals surface area contributed by atoms with Crippen LogP contribution in [0.25, 0.3) is 0 Å². The minimum absolute atomic E-state index is 0.00847. The van der Waals surface area contributed by atoms with Crippen molar-refractivity contribution >= 4 is 16.1 Å². The summed E-state index contributed by atoms with van der Waals surface area (Å²) in [6, 6.07) is 0. The zero-order chi connectivity index (χ0) is 11.3. The molecule has 0 bridgehead atoms. The summed E-state index contributed by atoms with van der Waals surface area (Å²) < 4.78 is 23.2. The van der Waals surface area contributed by atoms with Crippen LogP contribution >= 0.6 is 0 Å². The fourth-order valence-corrected chi connectivity index (χ4v) is 1.99. The van der Waals surface area contributed by atoms with Crippen LogP contribution in [0.1, 0.15) is 25.7 Å². The molecule has 1 aliphatic heterocycles. The van der Waals surface area contributed by atoms with Crippen molar-refractivity contribution in [2.75, 3.05) is 19.6 Å². The van der Waals surface area contributed by atoms with E-state index in [1.807, 2.05) is 0 Å². The highest BCUT2D eigenvalue weighted by Crippen LogP contribution is 2.09. The summed E-state index contributed by atoms with van der Waals surface area (Å²) in [5.74, 6) is -0.00847. The molecule has 1 saturated heterocycles. The summed E-state index contributed by atoms with van der Waals surface area (Å²) in [7, 11) is -3.67. The number of rotatable bonds is 4. The lowest BCUT2D eigenvalue weighted by molar-refractivity contribution is -0.131. The minimum Gasteiger partial charge on any atom is -0.343 e. The number of amides is 1. The summed E-state index contributed by atoms with van der Waals surface area (Å²) in [5, 5.41) is 4.74. The lowest BCUT2D eigenvalue weighted by atomic mass is 10.1. The van der Waals surface area contributed by atoms with Gasteiger partial charge in [-0.15, -0.1) is 0 Å². The third-order valence-electron chi connectivity index (χ3n) is 2.35. The Morgan fingerprint density at radius 3 is 2.40 bits per heavy atom. The molecule has 0 spiro atoms. The van der Waals surface area contributed by atoms with E-state index in [1.165, 1.54) is 6.42 Å². The maximum absolute atomic E-state index is 11.5. The summed E-state index contributed by atoms with van der Waals surface area (Å²) in [6.45, 7) is 1.65. The second-order valence-corrected chi connectivity index (χ2v) is 5.01. The van der Waals surface area contributed by atoms with Gasteiger partial charge < -0.3 is 4.90 Å². The van der Waals surface area contributed by atoms with Gasteiger partial charge >= 0.3 is 0 Å². The Kier molecular flexibility index (Phi) is 4.49. The van der Waals surface area contributed by atoms with Crippen LogP contribution < -0.4 is 9.86 Å². The highest BCUT2D eigenvalue weighted by Gasteiger charge is 2.16. The number of carbonyl (C=O) groups is 1. The van der Waals surface area contributed by atoms with E-state index in [0.717, 1.165) is 25.9 Å². The molecule has 3 N–H and O–H groups in total. The molecule has 0 aromatic rings. The minimum atomic E-state index is -3.67. The number of hydrogen-bond acceptors (Lipinski definition) is 3. The number of likely N-dealkylation sites (tertiary alicyclic amines) is 1. The van der Waals surface area contributed by atoms with Gasteiger partial charge in [-0.25, -0.2) is 9.86 Å². The Labute approximate surface area is 90.0 Å². The molecule has 0 radical (unpaired) electrons. The molecule has 0 saturated carbocycles. The first-order chi connectivity index (χ1) is 6.99. The predicted molar refractivity (Wildman–Crippen MR) is 56.2 cm³/mol. The van der Waals surface area contributed by atoms with Crippen LogP contribution in [0.5, 0.6) is 0 Å². The molecule has 1 fully saturated rings. The fourth-order valence-electron chi connectivity index (χ4n) is 1.60. The van der Waals surface area contributed by atoms with Crippen LogP contribution in [-0.2, 0) is 15.0 Å². The van der Waals surface area contributed by atoms with Crippen molar-refractivity contribution in [3.8, 4) is 0 Å². The number of piperidine rings is 1. The first-order valence-electron chi connectivity index (χ1n) is 5.04. The summed E-state index contributed by atoms with van der Waals surface area (Å²) in [5.41, 5.74) is 0. The lowest BCUT2D eigenvalue weighted by Gasteiger charge is -2.26. The van der Waals surface area contributed by atoms with Gasteiger partial charge in [0.25, 0.3) is 10.2 Å².